The van der Waals surface area contributed by atoms with Crippen LogP contribution in [0.5, 0.6) is 0 Å². The summed E-state index contributed by atoms with van der Waals surface area (Å²) in [6.45, 7) is 0.569. The lowest BCUT2D eigenvalue weighted by Crippen LogP contribution is -2.39. The minimum Gasteiger partial charge on any atom is -0.465 e. The fraction of sp³-hybridized carbons (Fsp3) is 0.500. The van der Waals surface area contributed by atoms with Crippen LogP contribution in [0.25, 0.3) is 10.8 Å². The van der Waals surface area contributed by atoms with Gasteiger partial charge >= 0.3 is 12.1 Å². The molecule has 216 valence electrons. The molecular formula is C26H38N4O8S. The predicted molar refractivity (Wildman–Crippen MR) is 148 cm³/mol. The van der Waals surface area contributed by atoms with Crippen molar-refractivity contribution in [2.45, 2.75) is 31.1 Å². The molecule has 0 aliphatic carbocycles. The second-order valence-corrected chi connectivity index (χ2v) is 11.5. The van der Waals surface area contributed by atoms with E-state index in [9.17, 15) is 23.1 Å². The molecule has 0 saturated carbocycles. The van der Waals surface area contributed by atoms with Gasteiger partial charge in [-0.2, -0.15) is 0 Å². The Kier molecular flexibility index (Phi) is 11.8. The molecule has 0 aliphatic rings. The average Bonchev–Trinajstić information content (AvgIpc) is 2.90. The first-order chi connectivity index (χ1) is 18.4. The van der Waals surface area contributed by atoms with Crippen molar-refractivity contribution >= 4 is 44.4 Å². The number of ether oxygens (including phenoxy) is 3. The molecule has 13 heteroatoms. The summed E-state index contributed by atoms with van der Waals surface area (Å²) in [4.78, 5) is 30.3. The van der Waals surface area contributed by atoms with Crippen LogP contribution in [0, 0.1) is 5.41 Å². The number of nitrogens with zero attached hydrogens (tertiary/aromatic N) is 2. The summed E-state index contributed by atoms with van der Waals surface area (Å²) in [6, 6.07) is 10.6. The van der Waals surface area contributed by atoms with Crippen LogP contribution >= 0.6 is 0 Å². The monoisotopic (exact) mass is 566 g/mol. The maximum atomic E-state index is 13.0. The Morgan fingerprint density at radius 3 is 2.31 bits per heavy atom. The molecule has 0 spiro atoms. The molecule has 0 heterocycles. The maximum Gasteiger partial charge on any atom is 0.508 e. The number of carbonyl (C=O) groups is 2. The Hall–Kier alpha value is -3.58. The average molecular weight is 567 g/mol. The number of sulfone groups is 1. The van der Waals surface area contributed by atoms with Gasteiger partial charge in [0.25, 0.3) is 0 Å². The normalized spacial score (nSPS) is 12.8. The number of unbranched alkanes of at least 4 members (excludes halogenated alkanes) is 1. The number of hydrogen-bond donors (Lipinski definition) is 3. The van der Waals surface area contributed by atoms with E-state index < -0.39 is 40.6 Å². The van der Waals surface area contributed by atoms with Crippen molar-refractivity contribution in [2.75, 3.05) is 57.7 Å². The highest BCUT2D eigenvalue weighted by Gasteiger charge is 2.36. The van der Waals surface area contributed by atoms with Gasteiger partial charge in [-0.15, -0.1) is 0 Å². The molecule has 2 aromatic carbocycles. The van der Waals surface area contributed by atoms with Crippen LogP contribution in [0.15, 0.2) is 46.3 Å². The summed E-state index contributed by atoms with van der Waals surface area (Å²) in [5.74, 6) is -0.998. The van der Waals surface area contributed by atoms with Gasteiger partial charge in [0.2, 0.25) is 0 Å². The first-order valence-electron chi connectivity index (χ1n) is 12.5. The van der Waals surface area contributed by atoms with Crippen molar-refractivity contribution in [1.82, 2.24) is 0 Å². The quantitative estimate of drug-likeness (QED) is 0.124. The van der Waals surface area contributed by atoms with Gasteiger partial charge in [0, 0.05) is 37.1 Å². The predicted octanol–water partition coefficient (Wildman–Crippen LogP) is 1.82. The van der Waals surface area contributed by atoms with E-state index >= 15 is 0 Å². The van der Waals surface area contributed by atoms with Gasteiger partial charge in [-0.3, -0.25) is 9.79 Å². The molecule has 0 aliphatic heterocycles. The molecule has 0 amide bonds. The summed E-state index contributed by atoms with van der Waals surface area (Å²) >= 11 is 0. The number of guanidine groups is 1. The topological polar surface area (TPSA) is 184 Å². The minimum atomic E-state index is -3.66. The molecule has 0 radical (unpaired) electrons. The molecule has 5 N–H and O–H groups in total. The van der Waals surface area contributed by atoms with Gasteiger partial charge in [0.1, 0.15) is 12.0 Å². The Balaban J connectivity index is 1.82. The lowest BCUT2D eigenvalue weighted by atomic mass is 9.93. The van der Waals surface area contributed by atoms with Crippen molar-refractivity contribution in [3.8, 4) is 0 Å². The number of aliphatic hydroxyl groups is 1. The van der Waals surface area contributed by atoms with E-state index in [1.807, 2.05) is 31.1 Å². The van der Waals surface area contributed by atoms with Crippen molar-refractivity contribution in [2.24, 2.45) is 21.9 Å². The molecule has 0 aromatic heterocycles. The molecular weight excluding hydrogens is 528 g/mol. The van der Waals surface area contributed by atoms with Gasteiger partial charge in [0.05, 0.1) is 30.5 Å². The number of carbonyl (C=O) groups excluding carboxylic acids is 2. The van der Waals surface area contributed by atoms with E-state index in [1.54, 1.807) is 24.3 Å². The highest BCUT2D eigenvalue weighted by molar-refractivity contribution is 7.91. The number of benzene rings is 2. The SMILES string of the molecule is CN(C)c1cccc2c(S(=O)(=O)CCCOC(=O)OCC(C)(CO)C(=O)OCCCCN=C(N)N)cccc12. The first-order valence-corrected chi connectivity index (χ1v) is 14.1. The van der Waals surface area contributed by atoms with Crippen molar-refractivity contribution < 1.29 is 37.3 Å². The fourth-order valence-electron chi connectivity index (χ4n) is 3.63. The fourth-order valence-corrected chi connectivity index (χ4v) is 5.15. The van der Waals surface area contributed by atoms with Gasteiger partial charge in [-0.05, 0) is 38.3 Å². The second-order valence-electron chi connectivity index (χ2n) is 9.45. The zero-order chi connectivity index (χ0) is 29.1. The standard InChI is InChI=1S/C26H38N4O8S/c1-26(17-31,23(32)36-14-5-4-13-29-24(27)28)18-38-25(33)37-15-8-16-39(34,35)22-12-7-9-19-20(22)10-6-11-21(19)30(2)3/h6-7,9-12,31H,4-5,8,13-18H2,1-3H3,(H4,27,28,29). The Bertz CT molecular complexity index is 1260. The number of hydrogen-bond acceptors (Lipinski definition) is 10. The van der Waals surface area contributed by atoms with Gasteiger partial charge in [0.15, 0.2) is 15.8 Å². The number of rotatable bonds is 15. The van der Waals surface area contributed by atoms with Crippen molar-refractivity contribution in [3.05, 3.63) is 36.4 Å². The summed E-state index contributed by atoms with van der Waals surface area (Å²) in [6.07, 6.45) is 0.0565. The third kappa shape index (κ3) is 9.29. The smallest absolute Gasteiger partial charge is 0.465 e. The summed E-state index contributed by atoms with van der Waals surface area (Å²) in [5.41, 5.74) is 9.89. The molecule has 1 unspecified atom stereocenters. The van der Waals surface area contributed by atoms with E-state index in [-0.39, 0.29) is 36.2 Å². The molecule has 0 fully saturated rings. The van der Waals surface area contributed by atoms with Crippen LogP contribution in [0.3, 0.4) is 0 Å². The largest absolute Gasteiger partial charge is 0.508 e. The van der Waals surface area contributed by atoms with E-state index in [1.165, 1.54) is 6.92 Å². The van der Waals surface area contributed by atoms with Gasteiger partial charge in [-0.25, -0.2) is 13.2 Å². The maximum absolute atomic E-state index is 13.0. The molecule has 0 saturated heterocycles. The number of nitrogens with two attached hydrogens (primary N) is 2. The number of aliphatic hydroxyl groups excluding tert-OH is 1. The lowest BCUT2D eigenvalue weighted by Gasteiger charge is -2.24. The Labute approximate surface area is 228 Å². The van der Waals surface area contributed by atoms with Crippen LogP contribution in [0.2, 0.25) is 0 Å². The van der Waals surface area contributed by atoms with Crippen LogP contribution in [-0.2, 0) is 28.8 Å². The van der Waals surface area contributed by atoms with Crippen molar-refractivity contribution in [3.63, 3.8) is 0 Å². The second kappa shape index (κ2) is 14.5. The third-order valence-corrected chi connectivity index (χ3v) is 7.74. The number of fused-ring (bicyclic) bond motifs is 1. The Morgan fingerprint density at radius 2 is 1.64 bits per heavy atom. The van der Waals surface area contributed by atoms with E-state index in [0.717, 1.165) is 11.1 Å². The minimum absolute atomic E-state index is 0.0194. The van der Waals surface area contributed by atoms with E-state index in [0.29, 0.717) is 24.8 Å². The lowest BCUT2D eigenvalue weighted by molar-refractivity contribution is -0.160. The molecule has 12 nitrogen and oxygen atoms in total. The molecule has 1 atom stereocenters. The summed E-state index contributed by atoms with van der Waals surface area (Å²) in [5, 5.41) is 11.1. The highest BCUT2D eigenvalue weighted by Crippen LogP contribution is 2.30. The molecule has 2 aromatic rings. The van der Waals surface area contributed by atoms with Crippen LogP contribution < -0.4 is 16.4 Å². The summed E-state index contributed by atoms with van der Waals surface area (Å²) < 4.78 is 41.2. The van der Waals surface area contributed by atoms with E-state index in [4.69, 9.17) is 25.7 Å². The molecule has 0 bridgehead atoms. The zero-order valence-electron chi connectivity index (χ0n) is 22.6. The van der Waals surface area contributed by atoms with Crippen LogP contribution in [0.1, 0.15) is 26.2 Å². The van der Waals surface area contributed by atoms with Crippen molar-refractivity contribution in [1.29, 1.82) is 0 Å². The summed E-state index contributed by atoms with van der Waals surface area (Å²) in [7, 11) is 0.111. The number of esters is 1. The van der Waals surface area contributed by atoms with Gasteiger partial charge < -0.3 is 35.7 Å². The van der Waals surface area contributed by atoms with Gasteiger partial charge in [-0.1, -0.05) is 24.3 Å². The molecule has 2 rings (SSSR count). The number of aliphatic imine (C=N–C) groups is 1. The Morgan fingerprint density at radius 1 is 0.974 bits per heavy atom. The highest BCUT2D eigenvalue weighted by atomic mass is 32.2. The third-order valence-electron chi connectivity index (χ3n) is 5.88. The zero-order valence-corrected chi connectivity index (χ0v) is 23.4. The number of anilines is 1. The molecule has 39 heavy (non-hydrogen) atoms. The van der Waals surface area contributed by atoms with E-state index in [2.05, 4.69) is 4.99 Å². The van der Waals surface area contributed by atoms with Crippen LogP contribution in [0.4, 0.5) is 10.5 Å². The first kappa shape index (κ1) is 31.6. The van der Waals surface area contributed by atoms with Crippen LogP contribution in [-0.4, -0.2) is 84.4 Å².